The number of hydrogen-bond acceptors (Lipinski definition) is 2. The van der Waals surface area contributed by atoms with Crippen LogP contribution >= 0.6 is 0 Å². The van der Waals surface area contributed by atoms with Crippen molar-refractivity contribution < 1.29 is 14.0 Å². The SMILES string of the molecule is CC(=O)N[C@H](Cc1c[nH]c2ccccc12)C(=O)NCc1ccccc1F. The highest BCUT2D eigenvalue weighted by atomic mass is 19.1. The lowest BCUT2D eigenvalue weighted by atomic mass is 10.0. The molecule has 1 aromatic heterocycles. The zero-order valence-electron chi connectivity index (χ0n) is 14.4. The van der Waals surface area contributed by atoms with Crippen LogP contribution in [-0.4, -0.2) is 22.8 Å². The van der Waals surface area contributed by atoms with Crippen molar-refractivity contribution in [1.29, 1.82) is 0 Å². The molecule has 134 valence electrons. The highest BCUT2D eigenvalue weighted by molar-refractivity contribution is 5.89. The van der Waals surface area contributed by atoms with Crippen molar-refractivity contribution in [2.75, 3.05) is 0 Å². The summed E-state index contributed by atoms with van der Waals surface area (Å²) in [5.74, 6) is -1.02. The molecule has 1 heterocycles. The van der Waals surface area contributed by atoms with E-state index < -0.39 is 6.04 Å². The van der Waals surface area contributed by atoms with E-state index in [4.69, 9.17) is 0 Å². The van der Waals surface area contributed by atoms with E-state index in [1.807, 2.05) is 30.5 Å². The van der Waals surface area contributed by atoms with E-state index in [0.29, 0.717) is 12.0 Å². The molecule has 6 heteroatoms. The van der Waals surface area contributed by atoms with Gasteiger partial charge in [-0.1, -0.05) is 36.4 Å². The van der Waals surface area contributed by atoms with Gasteiger partial charge in [-0.05, 0) is 17.7 Å². The highest BCUT2D eigenvalue weighted by Crippen LogP contribution is 2.19. The highest BCUT2D eigenvalue weighted by Gasteiger charge is 2.21. The summed E-state index contributed by atoms with van der Waals surface area (Å²) in [4.78, 5) is 27.2. The van der Waals surface area contributed by atoms with E-state index in [9.17, 15) is 14.0 Å². The molecule has 26 heavy (non-hydrogen) atoms. The summed E-state index contributed by atoms with van der Waals surface area (Å²) in [6.45, 7) is 1.43. The molecule has 0 saturated heterocycles. The van der Waals surface area contributed by atoms with Crippen molar-refractivity contribution in [2.45, 2.75) is 25.9 Å². The van der Waals surface area contributed by atoms with Crippen molar-refractivity contribution in [3.05, 3.63) is 71.7 Å². The van der Waals surface area contributed by atoms with E-state index in [1.54, 1.807) is 18.2 Å². The topological polar surface area (TPSA) is 74.0 Å². The number of para-hydroxylation sites is 1. The number of carbonyl (C=O) groups excluding carboxylic acids is 2. The summed E-state index contributed by atoms with van der Waals surface area (Å²) in [6.07, 6.45) is 2.18. The quantitative estimate of drug-likeness (QED) is 0.637. The van der Waals surface area contributed by atoms with Gasteiger partial charge in [-0.2, -0.15) is 0 Å². The largest absolute Gasteiger partial charge is 0.361 e. The van der Waals surface area contributed by atoms with E-state index in [1.165, 1.54) is 13.0 Å². The van der Waals surface area contributed by atoms with Crippen LogP contribution in [0.15, 0.2) is 54.7 Å². The molecule has 5 nitrogen and oxygen atoms in total. The van der Waals surface area contributed by atoms with Crippen LogP contribution in [0.25, 0.3) is 10.9 Å². The lowest BCUT2D eigenvalue weighted by Gasteiger charge is -2.17. The zero-order chi connectivity index (χ0) is 18.5. The first-order valence-corrected chi connectivity index (χ1v) is 8.38. The Kier molecular flexibility index (Phi) is 5.31. The Hall–Kier alpha value is -3.15. The smallest absolute Gasteiger partial charge is 0.243 e. The maximum Gasteiger partial charge on any atom is 0.243 e. The van der Waals surface area contributed by atoms with Gasteiger partial charge in [0.15, 0.2) is 0 Å². The van der Waals surface area contributed by atoms with Crippen molar-refractivity contribution in [2.24, 2.45) is 0 Å². The number of aromatic amines is 1. The number of nitrogens with one attached hydrogen (secondary N) is 3. The van der Waals surface area contributed by atoms with Gasteiger partial charge in [0.2, 0.25) is 11.8 Å². The minimum Gasteiger partial charge on any atom is -0.361 e. The summed E-state index contributed by atoms with van der Waals surface area (Å²) in [5.41, 5.74) is 2.30. The second-order valence-electron chi connectivity index (χ2n) is 6.13. The van der Waals surface area contributed by atoms with Crippen LogP contribution in [0, 0.1) is 5.82 Å². The number of carbonyl (C=O) groups is 2. The number of aromatic nitrogens is 1. The number of H-pyrrole nitrogens is 1. The lowest BCUT2D eigenvalue weighted by molar-refractivity contribution is -0.128. The fourth-order valence-corrected chi connectivity index (χ4v) is 2.92. The summed E-state index contributed by atoms with van der Waals surface area (Å²) in [5, 5.41) is 6.38. The molecular formula is C20H20FN3O2. The molecule has 0 aliphatic heterocycles. The molecule has 0 radical (unpaired) electrons. The Morgan fingerprint density at radius 3 is 2.58 bits per heavy atom. The van der Waals surface area contributed by atoms with Crippen LogP contribution in [0.2, 0.25) is 0 Å². The normalized spacial score (nSPS) is 11.9. The average molecular weight is 353 g/mol. The van der Waals surface area contributed by atoms with Gasteiger partial charge in [-0.3, -0.25) is 9.59 Å². The van der Waals surface area contributed by atoms with Gasteiger partial charge in [0.1, 0.15) is 11.9 Å². The van der Waals surface area contributed by atoms with E-state index in [-0.39, 0.29) is 24.2 Å². The Balaban J connectivity index is 1.74. The first-order chi connectivity index (χ1) is 12.5. The Morgan fingerprint density at radius 2 is 1.81 bits per heavy atom. The molecule has 0 aliphatic carbocycles. The van der Waals surface area contributed by atoms with Gasteiger partial charge in [-0.25, -0.2) is 4.39 Å². The minimum atomic E-state index is -0.738. The molecule has 0 fully saturated rings. The van der Waals surface area contributed by atoms with Crippen LogP contribution in [0.3, 0.4) is 0 Å². The summed E-state index contributed by atoms with van der Waals surface area (Å²) < 4.78 is 13.7. The number of halogens is 1. The van der Waals surface area contributed by atoms with Gasteiger partial charge in [-0.15, -0.1) is 0 Å². The molecule has 0 bridgehead atoms. The maximum atomic E-state index is 13.7. The van der Waals surface area contributed by atoms with E-state index >= 15 is 0 Å². The molecular weight excluding hydrogens is 333 g/mol. The Labute approximate surface area is 150 Å². The van der Waals surface area contributed by atoms with Gasteiger partial charge < -0.3 is 15.6 Å². The standard InChI is InChI=1S/C20H20FN3O2/c1-13(25)24-19(10-15-12-22-18-9-5-3-7-16(15)18)20(26)23-11-14-6-2-4-8-17(14)21/h2-9,12,19,22H,10-11H2,1H3,(H,23,26)(H,24,25)/t19-/m1/s1. The van der Waals surface area contributed by atoms with Gasteiger partial charge in [0.25, 0.3) is 0 Å². The first-order valence-electron chi connectivity index (χ1n) is 8.38. The van der Waals surface area contributed by atoms with Crippen LogP contribution in [0.1, 0.15) is 18.1 Å². The molecule has 0 spiro atoms. The Bertz CT molecular complexity index is 935. The monoisotopic (exact) mass is 353 g/mol. The van der Waals surface area contributed by atoms with Gasteiger partial charge in [0.05, 0.1) is 0 Å². The number of benzene rings is 2. The minimum absolute atomic E-state index is 0.0650. The first kappa shape index (κ1) is 17.7. The molecule has 2 amide bonds. The molecule has 0 saturated carbocycles. The number of fused-ring (bicyclic) bond motifs is 1. The van der Waals surface area contributed by atoms with Crippen molar-refractivity contribution >= 4 is 22.7 Å². The van der Waals surface area contributed by atoms with Crippen molar-refractivity contribution in [3.8, 4) is 0 Å². The van der Waals surface area contributed by atoms with Crippen molar-refractivity contribution in [1.82, 2.24) is 15.6 Å². The maximum absolute atomic E-state index is 13.7. The summed E-state index contributed by atoms with van der Waals surface area (Å²) in [7, 11) is 0. The van der Waals surface area contributed by atoms with Crippen LogP contribution in [0.4, 0.5) is 4.39 Å². The fraction of sp³-hybridized carbons (Fsp3) is 0.200. The summed E-state index contributed by atoms with van der Waals surface area (Å²) >= 11 is 0. The van der Waals surface area contributed by atoms with Crippen LogP contribution in [0.5, 0.6) is 0 Å². The van der Waals surface area contributed by atoms with E-state index in [0.717, 1.165) is 16.5 Å². The molecule has 1 atom stereocenters. The average Bonchev–Trinajstić information content (AvgIpc) is 3.03. The predicted molar refractivity (Wildman–Crippen MR) is 97.9 cm³/mol. The van der Waals surface area contributed by atoms with Crippen LogP contribution < -0.4 is 10.6 Å². The van der Waals surface area contributed by atoms with Crippen LogP contribution in [-0.2, 0) is 22.6 Å². The third kappa shape index (κ3) is 4.08. The molecule has 0 aliphatic rings. The third-order valence-corrected chi connectivity index (χ3v) is 4.20. The number of hydrogen-bond donors (Lipinski definition) is 3. The number of rotatable bonds is 6. The lowest BCUT2D eigenvalue weighted by Crippen LogP contribution is -2.47. The summed E-state index contributed by atoms with van der Waals surface area (Å²) in [6, 6.07) is 13.3. The van der Waals surface area contributed by atoms with Crippen molar-refractivity contribution in [3.63, 3.8) is 0 Å². The number of amides is 2. The molecule has 3 N–H and O–H groups in total. The van der Waals surface area contributed by atoms with Gasteiger partial charge in [0, 0.05) is 42.6 Å². The second kappa shape index (κ2) is 7.82. The third-order valence-electron chi connectivity index (χ3n) is 4.20. The molecule has 3 rings (SSSR count). The van der Waals surface area contributed by atoms with Gasteiger partial charge >= 0.3 is 0 Å². The molecule has 0 unspecified atom stereocenters. The van der Waals surface area contributed by atoms with E-state index in [2.05, 4.69) is 15.6 Å². The Morgan fingerprint density at radius 1 is 1.08 bits per heavy atom. The molecule has 3 aromatic rings. The fourth-order valence-electron chi connectivity index (χ4n) is 2.92. The molecule has 2 aromatic carbocycles. The second-order valence-corrected chi connectivity index (χ2v) is 6.13. The predicted octanol–water partition coefficient (Wildman–Crippen LogP) is 2.67. The zero-order valence-corrected chi connectivity index (χ0v) is 14.4.